The number of ketones is 1. The minimum atomic E-state index is -1.09. The molecule has 0 bridgehead atoms. The summed E-state index contributed by atoms with van der Waals surface area (Å²) >= 11 is 0. The van der Waals surface area contributed by atoms with Crippen LogP contribution < -0.4 is 0 Å². The van der Waals surface area contributed by atoms with E-state index in [-0.39, 0.29) is 5.78 Å². The number of carbonyl (C=O) groups excluding carboxylic acids is 1. The van der Waals surface area contributed by atoms with Crippen LogP contribution in [0.4, 0.5) is 0 Å². The van der Waals surface area contributed by atoms with Gasteiger partial charge in [-0.05, 0) is 17.5 Å². The summed E-state index contributed by atoms with van der Waals surface area (Å²) in [6.45, 7) is 2.07. The van der Waals surface area contributed by atoms with Crippen LogP contribution in [-0.2, 0) is 15.2 Å². The Balaban J connectivity index is 1.74. The van der Waals surface area contributed by atoms with Crippen LogP contribution in [0, 0.1) is 5.41 Å². The van der Waals surface area contributed by atoms with Crippen molar-refractivity contribution in [2.45, 2.75) is 18.9 Å². The molecule has 0 radical (unpaired) electrons. The highest BCUT2D eigenvalue weighted by Gasteiger charge is 2.72. The first kappa shape index (κ1) is 21.3. The summed E-state index contributed by atoms with van der Waals surface area (Å²) in [4.78, 5) is 21.5. The SMILES string of the molecule is CC[C@]12C(=O)C(c3ccccc3)=C(c3ccccc3)[C@@]1(c1ccccc1)ON=C2c1ccccc1. The highest BCUT2D eigenvalue weighted by Crippen LogP contribution is 2.66. The molecule has 4 aromatic carbocycles. The van der Waals surface area contributed by atoms with Gasteiger partial charge in [0.25, 0.3) is 0 Å². The zero-order valence-corrected chi connectivity index (χ0v) is 19.5. The lowest BCUT2D eigenvalue weighted by molar-refractivity contribution is -0.127. The molecule has 0 spiro atoms. The Bertz CT molecular complexity index is 1440. The Labute approximate surface area is 205 Å². The standard InChI is InChI=1S/C32H25NO2/c1-2-31-29(25-19-11-5-12-20-25)33-35-32(31,26-21-13-6-14-22-26)28(24-17-9-4-10-18-24)27(30(31)34)23-15-7-3-8-16-23/h3-22H,2H2,1H3/t31-,32+/m0/s1. The van der Waals surface area contributed by atoms with Crippen LogP contribution in [-0.4, -0.2) is 11.5 Å². The Morgan fingerprint density at radius 1 is 0.657 bits per heavy atom. The van der Waals surface area contributed by atoms with Gasteiger partial charge in [-0.15, -0.1) is 0 Å². The zero-order valence-electron chi connectivity index (χ0n) is 19.5. The number of hydrogen-bond donors (Lipinski definition) is 0. The Hall–Kier alpha value is -4.24. The van der Waals surface area contributed by atoms with E-state index >= 15 is 0 Å². The number of allylic oxidation sites excluding steroid dienone is 1. The van der Waals surface area contributed by atoms with Crippen molar-refractivity contribution in [3.8, 4) is 0 Å². The van der Waals surface area contributed by atoms with Crippen molar-refractivity contribution in [2.75, 3.05) is 0 Å². The van der Waals surface area contributed by atoms with Gasteiger partial charge in [0, 0.05) is 22.3 Å². The number of Topliss-reactive ketones (excluding diaryl/α,β-unsaturated/α-hetero) is 1. The van der Waals surface area contributed by atoms with Gasteiger partial charge in [0.2, 0.25) is 5.60 Å². The van der Waals surface area contributed by atoms with Crippen molar-refractivity contribution in [3.05, 3.63) is 144 Å². The van der Waals surface area contributed by atoms with Crippen molar-refractivity contribution in [1.29, 1.82) is 0 Å². The Morgan fingerprint density at radius 3 is 1.69 bits per heavy atom. The van der Waals surface area contributed by atoms with Crippen LogP contribution in [0.5, 0.6) is 0 Å². The fourth-order valence-electron chi connectivity index (χ4n) is 5.89. The second kappa shape index (κ2) is 8.21. The number of nitrogens with zero attached hydrogens (tertiary/aromatic N) is 1. The van der Waals surface area contributed by atoms with Gasteiger partial charge in [-0.1, -0.05) is 133 Å². The molecule has 2 atom stereocenters. The van der Waals surface area contributed by atoms with Crippen LogP contribution in [0.1, 0.15) is 35.6 Å². The summed E-state index contributed by atoms with van der Waals surface area (Å²) in [5.41, 5.74) is 3.85. The van der Waals surface area contributed by atoms with E-state index in [0.717, 1.165) is 27.8 Å². The van der Waals surface area contributed by atoms with Gasteiger partial charge >= 0.3 is 0 Å². The van der Waals surface area contributed by atoms with E-state index in [2.05, 4.69) is 31.2 Å². The molecule has 0 saturated heterocycles. The number of rotatable bonds is 5. The molecule has 2 aliphatic rings. The second-order valence-corrected chi connectivity index (χ2v) is 9.01. The smallest absolute Gasteiger partial charge is 0.207 e. The van der Waals surface area contributed by atoms with Crippen LogP contribution in [0.3, 0.4) is 0 Å². The lowest BCUT2D eigenvalue weighted by Gasteiger charge is -2.39. The predicted octanol–water partition coefficient (Wildman–Crippen LogP) is 6.91. The molecule has 3 heteroatoms. The van der Waals surface area contributed by atoms with Gasteiger partial charge in [0.15, 0.2) is 5.78 Å². The van der Waals surface area contributed by atoms with Gasteiger partial charge < -0.3 is 4.84 Å². The van der Waals surface area contributed by atoms with E-state index in [9.17, 15) is 4.79 Å². The minimum absolute atomic E-state index is 0.0500. The molecule has 0 fully saturated rings. The summed E-state index contributed by atoms with van der Waals surface area (Å²) in [7, 11) is 0. The molecule has 1 aliphatic heterocycles. The number of oxime groups is 1. The minimum Gasteiger partial charge on any atom is -0.378 e. The molecule has 170 valence electrons. The third kappa shape index (κ3) is 2.85. The topological polar surface area (TPSA) is 38.7 Å². The maximum absolute atomic E-state index is 14.9. The number of fused-ring (bicyclic) bond motifs is 1. The lowest BCUT2D eigenvalue weighted by Crippen LogP contribution is -2.49. The van der Waals surface area contributed by atoms with E-state index in [1.807, 2.05) is 97.1 Å². The number of benzene rings is 4. The maximum atomic E-state index is 14.9. The fraction of sp³-hybridized carbons (Fsp3) is 0.125. The predicted molar refractivity (Wildman–Crippen MR) is 140 cm³/mol. The molecule has 3 nitrogen and oxygen atoms in total. The monoisotopic (exact) mass is 455 g/mol. The summed E-state index contributed by atoms with van der Waals surface area (Å²) in [6.07, 6.45) is 0.543. The zero-order chi connectivity index (χ0) is 23.9. The van der Waals surface area contributed by atoms with Crippen molar-refractivity contribution < 1.29 is 9.63 Å². The average molecular weight is 456 g/mol. The van der Waals surface area contributed by atoms with E-state index in [1.165, 1.54) is 0 Å². The van der Waals surface area contributed by atoms with Gasteiger partial charge in [0.05, 0.1) is 0 Å². The first-order valence-corrected chi connectivity index (χ1v) is 12.0. The quantitative estimate of drug-likeness (QED) is 0.328. The summed E-state index contributed by atoms with van der Waals surface area (Å²) < 4.78 is 0. The molecule has 1 heterocycles. The summed E-state index contributed by atoms with van der Waals surface area (Å²) in [5, 5.41) is 4.70. The third-order valence-electron chi connectivity index (χ3n) is 7.38. The summed E-state index contributed by atoms with van der Waals surface area (Å²) in [5.74, 6) is 0.0500. The molecule has 6 rings (SSSR count). The van der Waals surface area contributed by atoms with Gasteiger partial charge in [-0.3, -0.25) is 4.79 Å². The van der Waals surface area contributed by atoms with Crippen LogP contribution in [0.2, 0.25) is 0 Å². The Morgan fingerprint density at radius 2 is 1.14 bits per heavy atom. The van der Waals surface area contributed by atoms with E-state index in [1.54, 1.807) is 0 Å². The van der Waals surface area contributed by atoms with Crippen LogP contribution >= 0.6 is 0 Å². The van der Waals surface area contributed by atoms with E-state index in [4.69, 9.17) is 9.99 Å². The number of carbonyl (C=O) groups is 1. The molecule has 1 aliphatic carbocycles. The normalized spacial score (nSPS) is 23.1. The van der Waals surface area contributed by atoms with E-state index in [0.29, 0.717) is 17.7 Å². The lowest BCUT2D eigenvalue weighted by atomic mass is 9.61. The molecule has 0 unspecified atom stereocenters. The number of hydrogen-bond acceptors (Lipinski definition) is 3. The molecule has 35 heavy (non-hydrogen) atoms. The molecule has 0 amide bonds. The largest absolute Gasteiger partial charge is 0.378 e. The van der Waals surface area contributed by atoms with Crippen molar-refractivity contribution in [3.63, 3.8) is 0 Å². The second-order valence-electron chi connectivity index (χ2n) is 9.01. The third-order valence-corrected chi connectivity index (χ3v) is 7.38. The molecule has 4 aromatic rings. The van der Waals surface area contributed by atoms with Crippen LogP contribution in [0.15, 0.2) is 126 Å². The summed E-state index contributed by atoms with van der Waals surface area (Å²) in [6, 6.07) is 40.1. The van der Waals surface area contributed by atoms with E-state index < -0.39 is 11.0 Å². The first-order valence-electron chi connectivity index (χ1n) is 12.0. The highest BCUT2D eigenvalue weighted by molar-refractivity contribution is 6.43. The fourth-order valence-corrected chi connectivity index (χ4v) is 5.89. The average Bonchev–Trinajstić information content (AvgIpc) is 3.40. The highest BCUT2D eigenvalue weighted by atomic mass is 16.7. The van der Waals surface area contributed by atoms with Crippen LogP contribution in [0.25, 0.3) is 11.1 Å². The van der Waals surface area contributed by atoms with Crippen molar-refractivity contribution >= 4 is 22.6 Å². The molecular weight excluding hydrogens is 430 g/mol. The van der Waals surface area contributed by atoms with Crippen molar-refractivity contribution in [2.24, 2.45) is 10.6 Å². The maximum Gasteiger partial charge on any atom is 0.207 e. The Kier molecular flexibility index (Phi) is 5.00. The molecule has 0 aromatic heterocycles. The molecule has 0 saturated carbocycles. The molecular formula is C32H25NO2. The first-order chi connectivity index (χ1) is 17.2. The van der Waals surface area contributed by atoms with Gasteiger partial charge in [-0.25, -0.2) is 0 Å². The molecule has 0 N–H and O–H groups in total. The van der Waals surface area contributed by atoms with Crippen molar-refractivity contribution in [1.82, 2.24) is 0 Å². The van der Waals surface area contributed by atoms with Gasteiger partial charge in [0.1, 0.15) is 11.1 Å². The van der Waals surface area contributed by atoms with Gasteiger partial charge in [-0.2, -0.15) is 0 Å².